The Balaban J connectivity index is 2.21. The van der Waals surface area contributed by atoms with Crippen LogP contribution in [0.4, 0.5) is 0 Å². The predicted molar refractivity (Wildman–Crippen MR) is 87.2 cm³/mol. The van der Waals surface area contributed by atoms with Gasteiger partial charge in [-0.1, -0.05) is 37.3 Å². The van der Waals surface area contributed by atoms with Crippen LogP contribution in [0.25, 0.3) is 0 Å². The van der Waals surface area contributed by atoms with E-state index < -0.39 is 16.1 Å². The van der Waals surface area contributed by atoms with Crippen LogP contribution in [-0.4, -0.2) is 26.2 Å². The van der Waals surface area contributed by atoms with Crippen LogP contribution in [0.15, 0.2) is 59.5 Å². The summed E-state index contributed by atoms with van der Waals surface area (Å²) in [5.41, 5.74) is 1.33. The van der Waals surface area contributed by atoms with Gasteiger partial charge in [-0.15, -0.1) is 0 Å². The first-order valence-corrected chi connectivity index (χ1v) is 8.64. The highest BCUT2D eigenvalue weighted by Gasteiger charge is 2.25. The predicted octanol–water partition coefficient (Wildman–Crippen LogP) is 2.00. The third-order valence-electron chi connectivity index (χ3n) is 3.73. The van der Waals surface area contributed by atoms with E-state index in [0.29, 0.717) is 5.56 Å². The van der Waals surface area contributed by atoms with E-state index in [2.05, 4.69) is 4.72 Å². The highest BCUT2D eigenvalue weighted by Crippen LogP contribution is 2.21. The Labute approximate surface area is 136 Å². The number of aliphatic hydroxyl groups is 1. The average molecular weight is 330 g/mol. The average Bonchev–Trinajstić information content (AvgIpc) is 2.60. The number of nitriles is 1. The minimum Gasteiger partial charge on any atom is -0.395 e. The molecule has 5 nitrogen and oxygen atoms in total. The van der Waals surface area contributed by atoms with Gasteiger partial charge in [0.1, 0.15) is 0 Å². The quantitative estimate of drug-likeness (QED) is 0.847. The van der Waals surface area contributed by atoms with E-state index in [1.165, 1.54) is 24.3 Å². The zero-order valence-electron chi connectivity index (χ0n) is 12.7. The molecule has 0 radical (unpaired) electrons. The molecular formula is C17H18N2O3S. The molecule has 2 rings (SSSR count). The second-order valence-electron chi connectivity index (χ2n) is 5.25. The van der Waals surface area contributed by atoms with Crippen molar-refractivity contribution in [2.75, 3.05) is 6.61 Å². The molecular weight excluding hydrogens is 312 g/mol. The number of sulfonamides is 1. The van der Waals surface area contributed by atoms with Crippen molar-refractivity contribution in [1.29, 1.82) is 5.26 Å². The largest absolute Gasteiger partial charge is 0.395 e. The lowest BCUT2D eigenvalue weighted by Crippen LogP contribution is -2.41. The van der Waals surface area contributed by atoms with Crippen LogP contribution in [0.3, 0.4) is 0 Å². The Kier molecular flexibility index (Phi) is 5.50. The van der Waals surface area contributed by atoms with Gasteiger partial charge >= 0.3 is 0 Å². The molecule has 2 atom stereocenters. The van der Waals surface area contributed by atoms with Gasteiger partial charge in [0.15, 0.2) is 0 Å². The van der Waals surface area contributed by atoms with Crippen molar-refractivity contribution in [3.05, 3.63) is 65.7 Å². The van der Waals surface area contributed by atoms with Crippen LogP contribution in [0.2, 0.25) is 0 Å². The molecule has 0 aromatic heterocycles. The van der Waals surface area contributed by atoms with E-state index in [1.54, 1.807) is 0 Å². The summed E-state index contributed by atoms with van der Waals surface area (Å²) in [7, 11) is -3.77. The smallest absolute Gasteiger partial charge is 0.240 e. The zero-order chi connectivity index (χ0) is 16.9. The van der Waals surface area contributed by atoms with Crippen LogP contribution < -0.4 is 4.72 Å². The van der Waals surface area contributed by atoms with E-state index in [9.17, 15) is 13.5 Å². The van der Waals surface area contributed by atoms with Gasteiger partial charge in [-0.2, -0.15) is 5.26 Å². The summed E-state index contributed by atoms with van der Waals surface area (Å²) >= 11 is 0. The molecule has 6 heteroatoms. The van der Waals surface area contributed by atoms with E-state index in [-0.39, 0.29) is 17.4 Å². The topological polar surface area (TPSA) is 90.2 Å². The van der Waals surface area contributed by atoms with Crippen molar-refractivity contribution in [2.45, 2.75) is 23.8 Å². The van der Waals surface area contributed by atoms with E-state index in [0.717, 1.165) is 5.56 Å². The van der Waals surface area contributed by atoms with Crippen LogP contribution >= 0.6 is 0 Å². The van der Waals surface area contributed by atoms with Gasteiger partial charge in [0.2, 0.25) is 10.0 Å². The molecule has 0 aliphatic rings. The van der Waals surface area contributed by atoms with E-state index in [4.69, 9.17) is 5.26 Å². The summed E-state index contributed by atoms with van der Waals surface area (Å²) in [5, 5.41) is 18.3. The molecule has 0 fully saturated rings. The summed E-state index contributed by atoms with van der Waals surface area (Å²) in [6.07, 6.45) is 0. The standard InChI is InChI=1S/C17H18N2O3S/c1-13(15-5-3-2-4-6-15)17(12-20)19-23(21,22)16-9-7-14(11-18)8-10-16/h2-10,13,17,19-20H,12H2,1H3/t13-,17-/m1/s1. The Morgan fingerprint density at radius 2 is 1.74 bits per heavy atom. The Hall–Kier alpha value is -2.20. The molecule has 0 saturated heterocycles. The molecule has 0 saturated carbocycles. The molecule has 2 aromatic rings. The molecule has 2 aromatic carbocycles. The summed E-state index contributed by atoms with van der Waals surface area (Å²) in [5.74, 6) is -0.186. The van der Waals surface area contributed by atoms with E-state index in [1.807, 2.05) is 43.3 Å². The maximum atomic E-state index is 12.4. The molecule has 0 bridgehead atoms. The maximum Gasteiger partial charge on any atom is 0.240 e. The van der Waals surface area contributed by atoms with Gasteiger partial charge in [0.05, 0.1) is 29.2 Å². The third-order valence-corrected chi connectivity index (χ3v) is 5.23. The van der Waals surface area contributed by atoms with Crippen molar-refractivity contribution in [1.82, 2.24) is 4.72 Å². The van der Waals surface area contributed by atoms with Gasteiger partial charge in [0, 0.05) is 0 Å². The minimum atomic E-state index is -3.77. The summed E-state index contributed by atoms with van der Waals surface area (Å²) in [4.78, 5) is 0.0650. The number of hydrogen-bond donors (Lipinski definition) is 2. The SMILES string of the molecule is C[C@H](c1ccccc1)[C@@H](CO)NS(=O)(=O)c1ccc(C#N)cc1. The van der Waals surface area contributed by atoms with Crippen LogP contribution in [0, 0.1) is 11.3 Å². The molecule has 120 valence electrons. The van der Waals surface area contributed by atoms with Crippen molar-refractivity contribution in [3.63, 3.8) is 0 Å². The Morgan fingerprint density at radius 3 is 2.26 bits per heavy atom. The molecule has 0 unspecified atom stereocenters. The van der Waals surface area contributed by atoms with Crippen molar-refractivity contribution < 1.29 is 13.5 Å². The first-order valence-electron chi connectivity index (χ1n) is 7.16. The van der Waals surface area contributed by atoms with Crippen LogP contribution in [0.5, 0.6) is 0 Å². The van der Waals surface area contributed by atoms with E-state index >= 15 is 0 Å². The van der Waals surface area contributed by atoms with Crippen LogP contribution in [-0.2, 0) is 10.0 Å². The maximum absolute atomic E-state index is 12.4. The number of nitrogens with one attached hydrogen (secondary N) is 1. The van der Waals surface area contributed by atoms with Gasteiger partial charge in [-0.05, 0) is 35.7 Å². The van der Waals surface area contributed by atoms with Crippen molar-refractivity contribution >= 4 is 10.0 Å². The van der Waals surface area contributed by atoms with Gasteiger partial charge in [0.25, 0.3) is 0 Å². The lowest BCUT2D eigenvalue weighted by molar-refractivity contribution is 0.242. The highest BCUT2D eigenvalue weighted by molar-refractivity contribution is 7.89. The van der Waals surface area contributed by atoms with Gasteiger partial charge in [-0.25, -0.2) is 13.1 Å². The van der Waals surface area contributed by atoms with Gasteiger partial charge in [-0.3, -0.25) is 0 Å². The number of aliphatic hydroxyl groups excluding tert-OH is 1. The zero-order valence-corrected chi connectivity index (χ0v) is 13.5. The second kappa shape index (κ2) is 7.38. The molecule has 0 aliphatic heterocycles. The lowest BCUT2D eigenvalue weighted by atomic mass is 9.94. The Morgan fingerprint density at radius 1 is 1.13 bits per heavy atom. The fraction of sp³-hybridized carbons (Fsp3) is 0.235. The highest BCUT2D eigenvalue weighted by atomic mass is 32.2. The third kappa shape index (κ3) is 4.17. The number of benzene rings is 2. The van der Waals surface area contributed by atoms with Crippen molar-refractivity contribution in [2.24, 2.45) is 0 Å². The number of nitrogens with zero attached hydrogens (tertiary/aromatic N) is 1. The number of rotatable bonds is 6. The monoisotopic (exact) mass is 330 g/mol. The van der Waals surface area contributed by atoms with Gasteiger partial charge < -0.3 is 5.11 Å². The first-order chi connectivity index (χ1) is 11.0. The molecule has 0 spiro atoms. The molecule has 23 heavy (non-hydrogen) atoms. The molecule has 0 aliphatic carbocycles. The summed E-state index contributed by atoms with van der Waals surface area (Å²) < 4.78 is 27.4. The summed E-state index contributed by atoms with van der Waals surface area (Å²) in [6.45, 7) is 1.54. The summed E-state index contributed by atoms with van der Waals surface area (Å²) in [6, 6.07) is 16.4. The molecule has 0 heterocycles. The number of hydrogen-bond acceptors (Lipinski definition) is 4. The second-order valence-corrected chi connectivity index (χ2v) is 6.96. The molecule has 0 amide bonds. The fourth-order valence-electron chi connectivity index (χ4n) is 2.26. The normalized spacial score (nSPS) is 14.0. The Bertz CT molecular complexity index is 781. The fourth-order valence-corrected chi connectivity index (χ4v) is 3.57. The lowest BCUT2D eigenvalue weighted by Gasteiger charge is -2.23. The minimum absolute atomic E-state index is 0.0650. The van der Waals surface area contributed by atoms with Crippen molar-refractivity contribution in [3.8, 4) is 6.07 Å². The molecule has 2 N–H and O–H groups in total. The first kappa shape index (κ1) is 17.2. The van der Waals surface area contributed by atoms with Crippen LogP contribution in [0.1, 0.15) is 24.0 Å².